The smallest absolute Gasteiger partial charge is 0.122 e. The summed E-state index contributed by atoms with van der Waals surface area (Å²) < 4.78 is 6.10. The van der Waals surface area contributed by atoms with Crippen LogP contribution in [-0.4, -0.2) is 18.7 Å². The second-order valence-corrected chi connectivity index (χ2v) is 6.21. The Kier molecular flexibility index (Phi) is 7.08. The molecule has 2 heteroatoms. The zero-order valence-corrected chi connectivity index (χ0v) is 14.0. The van der Waals surface area contributed by atoms with E-state index in [1.54, 1.807) is 0 Å². The van der Waals surface area contributed by atoms with E-state index in [4.69, 9.17) is 4.74 Å². The molecule has 0 saturated carbocycles. The fourth-order valence-electron chi connectivity index (χ4n) is 2.26. The third-order valence-corrected chi connectivity index (χ3v) is 3.68. The van der Waals surface area contributed by atoms with Gasteiger partial charge in [-0.15, -0.1) is 0 Å². The number of hydrogen-bond donors (Lipinski definition) is 1. The van der Waals surface area contributed by atoms with Crippen LogP contribution in [0.3, 0.4) is 0 Å². The molecule has 114 valence electrons. The van der Waals surface area contributed by atoms with Crippen molar-refractivity contribution in [1.82, 2.24) is 5.32 Å². The minimum atomic E-state index is 0.190. The summed E-state index contributed by atoms with van der Waals surface area (Å²) in [5.74, 6) is 1.56. The van der Waals surface area contributed by atoms with Gasteiger partial charge in [-0.05, 0) is 50.3 Å². The van der Waals surface area contributed by atoms with E-state index in [0.29, 0.717) is 12.0 Å². The van der Waals surface area contributed by atoms with Gasteiger partial charge in [0.25, 0.3) is 0 Å². The lowest BCUT2D eigenvalue weighted by molar-refractivity contribution is 0.210. The summed E-state index contributed by atoms with van der Waals surface area (Å²) in [5.41, 5.74) is 2.55. The predicted molar refractivity (Wildman–Crippen MR) is 87.7 cm³/mol. The molecule has 0 radical (unpaired) electrons. The van der Waals surface area contributed by atoms with Gasteiger partial charge in [-0.3, -0.25) is 0 Å². The Morgan fingerprint density at radius 3 is 2.45 bits per heavy atom. The molecule has 0 bridgehead atoms. The van der Waals surface area contributed by atoms with Crippen molar-refractivity contribution in [2.75, 3.05) is 6.54 Å². The largest absolute Gasteiger partial charge is 0.489 e. The Hall–Kier alpha value is -1.02. The molecule has 1 rings (SSSR count). The molecule has 2 nitrogen and oxygen atoms in total. The molecule has 0 aliphatic heterocycles. The van der Waals surface area contributed by atoms with E-state index in [2.05, 4.69) is 65.1 Å². The Bertz CT molecular complexity index is 400. The Balaban J connectivity index is 2.56. The maximum Gasteiger partial charge on any atom is 0.122 e. The highest BCUT2D eigenvalue weighted by Crippen LogP contribution is 2.25. The average molecular weight is 277 g/mol. The molecule has 0 aromatic heterocycles. The lowest BCUT2D eigenvalue weighted by Gasteiger charge is -2.20. The normalized spacial score (nSPS) is 14.3. The minimum Gasteiger partial charge on any atom is -0.489 e. The Morgan fingerprint density at radius 1 is 1.15 bits per heavy atom. The van der Waals surface area contributed by atoms with Crippen LogP contribution in [-0.2, 0) is 0 Å². The van der Waals surface area contributed by atoms with E-state index in [1.807, 2.05) is 0 Å². The number of ether oxygens (including phenoxy) is 1. The molecule has 20 heavy (non-hydrogen) atoms. The van der Waals surface area contributed by atoms with Crippen LogP contribution in [0.25, 0.3) is 0 Å². The van der Waals surface area contributed by atoms with Crippen LogP contribution in [0.4, 0.5) is 0 Å². The molecule has 0 heterocycles. The van der Waals surface area contributed by atoms with E-state index in [1.165, 1.54) is 24.0 Å². The Labute approximate surface area is 124 Å². The molecule has 0 saturated heterocycles. The van der Waals surface area contributed by atoms with Gasteiger partial charge in [0.05, 0.1) is 0 Å². The molecule has 0 aliphatic rings. The Morgan fingerprint density at radius 2 is 1.85 bits per heavy atom. The summed E-state index contributed by atoms with van der Waals surface area (Å²) in [6.45, 7) is 14.0. The zero-order chi connectivity index (χ0) is 15.1. The van der Waals surface area contributed by atoms with E-state index >= 15 is 0 Å². The molecule has 1 aromatic rings. The second-order valence-electron chi connectivity index (χ2n) is 6.21. The van der Waals surface area contributed by atoms with Gasteiger partial charge in [0.2, 0.25) is 0 Å². The van der Waals surface area contributed by atoms with Crippen molar-refractivity contribution < 1.29 is 4.74 Å². The fourth-order valence-corrected chi connectivity index (χ4v) is 2.26. The number of rotatable bonds is 8. The fraction of sp³-hybridized carbons (Fsp3) is 0.667. The first-order valence-corrected chi connectivity index (χ1v) is 7.94. The monoisotopic (exact) mass is 277 g/mol. The third kappa shape index (κ3) is 5.54. The quantitative estimate of drug-likeness (QED) is 0.746. The first-order valence-electron chi connectivity index (χ1n) is 7.94. The van der Waals surface area contributed by atoms with Crippen LogP contribution in [0.2, 0.25) is 0 Å². The molecule has 1 aromatic carbocycles. The van der Waals surface area contributed by atoms with Gasteiger partial charge in [-0.2, -0.15) is 0 Å². The summed E-state index contributed by atoms with van der Waals surface area (Å²) in [5, 5.41) is 3.54. The lowest BCUT2D eigenvalue weighted by atomic mass is 10.0. The van der Waals surface area contributed by atoms with Gasteiger partial charge in [-0.25, -0.2) is 0 Å². The van der Waals surface area contributed by atoms with Crippen LogP contribution in [0.5, 0.6) is 5.75 Å². The summed E-state index contributed by atoms with van der Waals surface area (Å²) in [6.07, 6.45) is 2.63. The maximum atomic E-state index is 6.10. The van der Waals surface area contributed by atoms with Gasteiger partial charge in [0.1, 0.15) is 11.9 Å². The topological polar surface area (TPSA) is 21.3 Å². The van der Waals surface area contributed by atoms with Gasteiger partial charge in [0, 0.05) is 12.6 Å². The molecular formula is C18H31NO. The van der Waals surface area contributed by atoms with Crippen molar-refractivity contribution in [3.05, 3.63) is 29.3 Å². The van der Waals surface area contributed by atoms with Crippen molar-refractivity contribution >= 4 is 0 Å². The molecule has 0 spiro atoms. The molecule has 0 aliphatic carbocycles. The number of aryl methyl sites for hydroxylation is 1. The van der Waals surface area contributed by atoms with Gasteiger partial charge in [-0.1, -0.05) is 39.3 Å². The zero-order valence-electron chi connectivity index (χ0n) is 14.0. The van der Waals surface area contributed by atoms with Crippen molar-refractivity contribution in [2.24, 2.45) is 0 Å². The molecule has 2 unspecified atom stereocenters. The average Bonchev–Trinajstić information content (AvgIpc) is 2.39. The van der Waals surface area contributed by atoms with Crippen molar-refractivity contribution in [2.45, 2.75) is 72.4 Å². The summed E-state index contributed by atoms with van der Waals surface area (Å²) in [7, 11) is 0. The van der Waals surface area contributed by atoms with Gasteiger partial charge < -0.3 is 10.1 Å². The number of hydrogen-bond acceptors (Lipinski definition) is 2. The van der Waals surface area contributed by atoms with E-state index in [9.17, 15) is 0 Å². The number of nitrogens with one attached hydrogen (secondary N) is 1. The molecule has 0 amide bonds. The minimum absolute atomic E-state index is 0.190. The summed E-state index contributed by atoms with van der Waals surface area (Å²) in [6, 6.07) is 7.10. The highest BCUT2D eigenvalue weighted by Gasteiger charge is 2.10. The van der Waals surface area contributed by atoms with Crippen molar-refractivity contribution in [1.29, 1.82) is 0 Å². The van der Waals surface area contributed by atoms with Crippen LogP contribution in [0.15, 0.2) is 18.2 Å². The van der Waals surface area contributed by atoms with E-state index < -0.39 is 0 Å². The third-order valence-electron chi connectivity index (χ3n) is 3.68. The predicted octanol–water partition coefficient (Wildman–Crippen LogP) is 4.66. The van der Waals surface area contributed by atoms with E-state index in [-0.39, 0.29) is 6.10 Å². The number of benzene rings is 1. The van der Waals surface area contributed by atoms with Gasteiger partial charge in [0.15, 0.2) is 0 Å². The van der Waals surface area contributed by atoms with Crippen molar-refractivity contribution in [3.8, 4) is 5.75 Å². The van der Waals surface area contributed by atoms with Crippen LogP contribution in [0.1, 0.15) is 64.5 Å². The highest BCUT2D eigenvalue weighted by atomic mass is 16.5. The first-order chi connectivity index (χ1) is 9.43. The second kappa shape index (κ2) is 8.31. The van der Waals surface area contributed by atoms with Crippen LogP contribution in [0, 0.1) is 6.92 Å². The van der Waals surface area contributed by atoms with Crippen molar-refractivity contribution in [3.63, 3.8) is 0 Å². The standard InChI is InChI=1S/C18H31NO/c1-7-8-15(5)19-12-16(6)20-18-11-17(13(2)3)10-9-14(18)4/h9-11,13,15-16,19H,7-8,12H2,1-6H3. The molecule has 0 fully saturated rings. The highest BCUT2D eigenvalue weighted by molar-refractivity contribution is 5.37. The lowest BCUT2D eigenvalue weighted by Crippen LogP contribution is -2.35. The SMILES string of the molecule is CCCC(C)NCC(C)Oc1cc(C(C)C)ccc1C. The molecule has 2 atom stereocenters. The van der Waals surface area contributed by atoms with Crippen LogP contribution < -0.4 is 10.1 Å². The summed E-state index contributed by atoms with van der Waals surface area (Å²) >= 11 is 0. The maximum absolute atomic E-state index is 6.10. The molecular weight excluding hydrogens is 246 g/mol. The van der Waals surface area contributed by atoms with Gasteiger partial charge >= 0.3 is 0 Å². The first kappa shape index (κ1) is 17.0. The van der Waals surface area contributed by atoms with Crippen LogP contribution >= 0.6 is 0 Å². The summed E-state index contributed by atoms with van der Waals surface area (Å²) in [4.78, 5) is 0. The van der Waals surface area contributed by atoms with E-state index in [0.717, 1.165) is 12.3 Å². The molecule has 1 N–H and O–H groups in total.